The average molecular weight is 340 g/mol. The highest BCUT2D eigenvalue weighted by Gasteiger charge is 2.10. The number of carbonyl (C=O) groups is 1. The Kier molecular flexibility index (Phi) is 4.33. The quantitative estimate of drug-likeness (QED) is 0.545. The first-order chi connectivity index (χ1) is 12.0. The van der Waals surface area contributed by atoms with Gasteiger partial charge in [0.15, 0.2) is 5.82 Å². The minimum atomic E-state index is -0.532. The van der Waals surface area contributed by atoms with Gasteiger partial charge < -0.3 is 5.32 Å². The number of benzene rings is 1. The van der Waals surface area contributed by atoms with E-state index in [2.05, 4.69) is 15.5 Å². The standard InChI is InChI=1S/C15H12N6O4/c22-14(17-11-2-4-12(5-3-11)21(24)25)10-20-15(23)7-6-13(18-20)19-9-1-8-16-19/h1-9H,10H2,(H,17,22). The van der Waals surface area contributed by atoms with Crippen LogP contribution in [0.1, 0.15) is 0 Å². The Balaban J connectivity index is 1.73. The van der Waals surface area contributed by atoms with Crippen molar-refractivity contribution in [2.24, 2.45) is 0 Å². The number of nitrogens with zero attached hydrogens (tertiary/aromatic N) is 5. The summed E-state index contributed by atoms with van der Waals surface area (Å²) in [5.74, 6) is -0.0891. The summed E-state index contributed by atoms with van der Waals surface area (Å²) in [7, 11) is 0. The highest BCUT2D eigenvalue weighted by molar-refractivity contribution is 5.90. The van der Waals surface area contributed by atoms with Crippen LogP contribution < -0.4 is 10.9 Å². The molecule has 0 saturated heterocycles. The van der Waals surface area contributed by atoms with Crippen molar-refractivity contribution >= 4 is 17.3 Å². The van der Waals surface area contributed by atoms with Gasteiger partial charge in [-0.3, -0.25) is 19.7 Å². The van der Waals surface area contributed by atoms with Crippen molar-refractivity contribution in [3.05, 3.63) is 75.3 Å². The molecule has 0 aliphatic rings. The number of aromatic nitrogens is 4. The second-order valence-electron chi connectivity index (χ2n) is 4.99. The third kappa shape index (κ3) is 3.75. The van der Waals surface area contributed by atoms with Gasteiger partial charge in [-0.05, 0) is 24.3 Å². The van der Waals surface area contributed by atoms with Crippen LogP contribution >= 0.6 is 0 Å². The van der Waals surface area contributed by atoms with Crippen molar-refractivity contribution in [2.45, 2.75) is 6.54 Å². The average Bonchev–Trinajstić information content (AvgIpc) is 3.12. The van der Waals surface area contributed by atoms with Gasteiger partial charge in [0.2, 0.25) is 5.91 Å². The summed E-state index contributed by atoms with van der Waals surface area (Å²) in [5.41, 5.74) is -0.135. The molecule has 0 bridgehead atoms. The van der Waals surface area contributed by atoms with E-state index in [0.717, 1.165) is 4.68 Å². The molecule has 0 radical (unpaired) electrons. The van der Waals surface area contributed by atoms with Gasteiger partial charge >= 0.3 is 0 Å². The van der Waals surface area contributed by atoms with Crippen LogP contribution in [0.4, 0.5) is 11.4 Å². The predicted octanol–water partition coefficient (Wildman–Crippen LogP) is 0.976. The highest BCUT2D eigenvalue weighted by atomic mass is 16.6. The molecule has 0 spiro atoms. The van der Waals surface area contributed by atoms with Crippen LogP contribution in [0.3, 0.4) is 0 Å². The van der Waals surface area contributed by atoms with Crippen LogP contribution in [0, 0.1) is 10.1 Å². The molecule has 25 heavy (non-hydrogen) atoms. The van der Waals surface area contributed by atoms with Crippen LogP contribution in [0.5, 0.6) is 0 Å². The number of nitrogens with one attached hydrogen (secondary N) is 1. The Morgan fingerprint density at radius 3 is 2.60 bits per heavy atom. The Hall–Kier alpha value is -3.82. The first-order valence-electron chi connectivity index (χ1n) is 7.15. The maximum atomic E-state index is 12.1. The lowest BCUT2D eigenvalue weighted by atomic mass is 10.3. The van der Waals surface area contributed by atoms with Crippen molar-refractivity contribution in [2.75, 3.05) is 5.32 Å². The molecule has 0 fully saturated rings. The van der Waals surface area contributed by atoms with Crippen LogP contribution in [0.25, 0.3) is 5.82 Å². The van der Waals surface area contributed by atoms with Gasteiger partial charge in [-0.15, -0.1) is 5.10 Å². The smallest absolute Gasteiger partial charge is 0.269 e. The van der Waals surface area contributed by atoms with E-state index in [-0.39, 0.29) is 12.2 Å². The summed E-state index contributed by atoms with van der Waals surface area (Å²) < 4.78 is 2.47. The van der Waals surface area contributed by atoms with Gasteiger partial charge in [0, 0.05) is 36.3 Å². The molecule has 126 valence electrons. The Morgan fingerprint density at radius 1 is 1.20 bits per heavy atom. The summed E-state index contributed by atoms with van der Waals surface area (Å²) in [5, 5.41) is 21.3. The molecule has 1 amide bonds. The molecule has 0 aliphatic carbocycles. The highest BCUT2D eigenvalue weighted by Crippen LogP contribution is 2.15. The van der Waals surface area contributed by atoms with Gasteiger partial charge in [0.1, 0.15) is 6.54 Å². The van der Waals surface area contributed by atoms with Gasteiger partial charge in [-0.1, -0.05) is 0 Å². The topological polar surface area (TPSA) is 125 Å². The largest absolute Gasteiger partial charge is 0.324 e. The molecular weight excluding hydrogens is 328 g/mol. The van der Waals surface area contributed by atoms with Crippen molar-refractivity contribution < 1.29 is 9.72 Å². The lowest BCUT2D eigenvalue weighted by Gasteiger charge is -2.08. The fourth-order valence-corrected chi connectivity index (χ4v) is 2.08. The fraction of sp³-hybridized carbons (Fsp3) is 0.0667. The molecule has 3 rings (SSSR count). The number of hydrogen-bond acceptors (Lipinski definition) is 6. The van der Waals surface area contributed by atoms with E-state index in [1.807, 2.05) is 0 Å². The number of non-ortho nitro benzene ring substituents is 1. The fourth-order valence-electron chi connectivity index (χ4n) is 2.08. The van der Waals surface area contributed by atoms with E-state index in [9.17, 15) is 19.7 Å². The van der Waals surface area contributed by atoms with Crippen molar-refractivity contribution in [3.8, 4) is 5.82 Å². The molecule has 0 unspecified atom stereocenters. The first-order valence-corrected chi connectivity index (χ1v) is 7.15. The molecule has 0 saturated carbocycles. The number of rotatable bonds is 5. The molecule has 3 aromatic rings. The third-order valence-corrected chi connectivity index (χ3v) is 3.25. The summed E-state index contributed by atoms with van der Waals surface area (Å²) in [6.07, 6.45) is 3.23. The number of hydrogen-bond donors (Lipinski definition) is 1. The molecule has 1 aromatic carbocycles. The molecular formula is C15H12N6O4. The Labute approximate surface area is 140 Å². The second-order valence-corrected chi connectivity index (χ2v) is 4.99. The first kappa shape index (κ1) is 16.1. The molecule has 1 N–H and O–H groups in total. The molecule has 10 heteroatoms. The maximum absolute atomic E-state index is 12.1. The van der Waals surface area contributed by atoms with E-state index >= 15 is 0 Å². The van der Waals surface area contributed by atoms with Gasteiger partial charge in [-0.2, -0.15) is 5.10 Å². The minimum Gasteiger partial charge on any atom is -0.324 e. The van der Waals surface area contributed by atoms with E-state index in [1.54, 1.807) is 18.5 Å². The SMILES string of the molecule is O=C(Cn1nc(-n2cccn2)ccc1=O)Nc1ccc([N+](=O)[O-])cc1. The lowest BCUT2D eigenvalue weighted by Crippen LogP contribution is -2.30. The predicted molar refractivity (Wildman–Crippen MR) is 87.3 cm³/mol. The number of carbonyl (C=O) groups excluding carboxylic acids is 1. The van der Waals surface area contributed by atoms with Crippen LogP contribution in [0.15, 0.2) is 59.7 Å². The number of nitro benzene ring substituents is 1. The Morgan fingerprint density at radius 2 is 1.96 bits per heavy atom. The normalized spacial score (nSPS) is 10.4. The Bertz CT molecular complexity index is 962. The van der Waals surface area contributed by atoms with Crippen LogP contribution in [-0.4, -0.2) is 30.4 Å². The monoisotopic (exact) mass is 340 g/mol. The summed E-state index contributed by atoms with van der Waals surface area (Å²) in [4.78, 5) is 34.0. The summed E-state index contributed by atoms with van der Waals surface area (Å²) in [6.45, 7) is -0.301. The molecule has 0 aliphatic heterocycles. The molecule has 10 nitrogen and oxygen atoms in total. The van der Waals surface area contributed by atoms with E-state index in [4.69, 9.17) is 0 Å². The van der Waals surface area contributed by atoms with Crippen molar-refractivity contribution in [3.63, 3.8) is 0 Å². The molecule has 2 heterocycles. The number of amides is 1. The number of nitro groups is 1. The third-order valence-electron chi connectivity index (χ3n) is 3.25. The van der Waals surface area contributed by atoms with Crippen LogP contribution in [0.2, 0.25) is 0 Å². The van der Waals surface area contributed by atoms with Crippen LogP contribution in [-0.2, 0) is 11.3 Å². The lowest BCUT2D eigenvalue weighted by molar-refractivity contribution is -0.384. The van der Waals surface area contributed by atoms with Gasteiger partial charge in [0.05, 0.1) is 4.92 Å². The zero-order valence-corrected chi connectivity index (χ0v) is 12.8. The van der Waals surface area contributed by atoms with Gasteiger partial charge in [0.25, 0.3) is 11.2 Å². The maximum Gasteiger partial charge on any atom is 0.269 e. The zero-order chi connectivity index (χ0) is 17.8. The minimum absolute atomic E-state index is 0.0807. The van der Waals surface area contributed by atoms with E-state index in [1.165, 1.54) is 41.1 Å². The van der Waals surface area contributed by atoms with Gasteiger partial charge in [-0.25, -0.2) is 9.36 Å². The number of anilines is 1. The zero-order valence-electron chi connectivity index (χ0n) is 12.8. The summed E-state index contributed by atoms with van der Waals surface area (Å²) >= 11 is 0. The molecule has 2 aromatic heterocycles. The second kappa shape index (κ2) is 6.74. The van der Waals surface area contributed by atoms with E-state index in [0.29, 0.717) is 11.5 Å². The molecule has 0 atom stereocenters. The summed E-state index contributed by atoms with van der Waals surface area (Å²) in [6, 6.07) is 9.87. The van der Waals surface area contributed by atoms with Crippen molar-refractivity contribution in [1.29, 1.82) is 0 Å². The van der Waals surface area contributed by atoms with Crippen molar-refractivity contribution in [1.82, 2.24) is 19.6 Å². The van der Waals surface area contributed by atoms with E-state index < -0.39 is 16.4 Å².